The van der Waals surface area contributed by atoms with E-state index in [0.29, 0.717) is 0 Å². The molecular weight excluding hydrogens is 240 g/mol. The van der Waals surface area contributed by atoms with Crippen LogP contribution in [0.1, 0.15) is 32.4 Å². The minimum atomic E-state index is -0.129. The first-order valence-electron chi connectivity index (χ1n) is 6.76. The van der Waals surface area contributed by atoms with Crippen molar-refractivity contribution >= 4 is 5.69 Å². The van der Waals surface area contributed by atoms with Crippen molar-refractivity contribution < 1.29 is 9.47 Å². The van der Waals surface area contributed by atoms with Crippen molar-refractivity contribution in [2.75, 3.05) is 31.7 Å². The van der Waals surface area contributed by atoms with Crippen LogP contribution in [0.2, 0.25) is 0 Å². The molecular formula is C15H24N2O2. The van der Waals surface area contributed by atoms with Gasteiger partial charge in [0.1, 0.15) is 5.75 Å². The van der Waals surface area contributed by atoms with Crippen LogP contribution in [0.15, 0.2) is 18.2 Å². The summed E-state index contributed by atoms with van der Waals surface area (Å²) in [6, 6.07) is 6.04. The molecule has 2 rings (SSSR count). The van der Waals surface area contributed by atoms with Crippen LogP contribution in [0.25, 0.3) is 0 Å². The van der Waals surface area contributed by atoms with Gasteiger partial charge in [0, 0.05) is 30.4 Å². The number of rotatable bonds is 3. The molecule has 1 aromatic carbocycles. The third-order valence-corrected chi connectivity index (χ3v) is 3.48. The number of anilines is 1. The topological polar surface area (TPSA) is 47.7 Å². The minimum absolute atomic E-state index is 0.0582. The summed E-state index contributed by atoms with van der Waals surface area (Å²) in [6.45, 7) is 8.71. The summed E-state index contributed by atoms with van der Waals surface area (Å²) in [5, 5.41) is 0. The van der Waals surface area contributed by atoms with Crippen LogP contribution < -0.4 is 15.4 Å². The molecule has 0 amide bonds. The average Bonchev–Trinajstić information content (AvgIpc) is 2.36. The molecule has 4 nitrogen and oxygen atoms in total. The number of hydrogen-bond acceptors (Lipinski definition) is 4. The molecule has 1 aromatic rings. The number of hydrogen-bond donors (Lipinski definition) is 1. The highest BCUT2D eigenvalue weighted by atomic mass is 16.5. The molecule has 1 heterocycles. The second-order valence-corrected chi connectivity index (χ2v) is 5.71. The van der Waals surface area contributed by atoms with Crippen LogP contribution >= 0.6 is 0 Å². The van der Waals surface area contributed by atoms with E-state index in [-0.39, 0.29) is 11.6 Å². The molecule has 0 radical (unpaired) electrons. The maximum absolute atomic E-state index is 6.13. The predicted octanol–water partition coefficient (Wildman–Crippen LogP) is 2.33. The van der Waals surface area contributed by atoms with E-state index in [0.717, 1.165) is 36.7 Å². The van der Waals surface area contributed by atoms with Crippen molar-refractivity contribution in [3.05, 3.63) is 23.8 Å². The van der Waals surface area contributed by atoms with Gasteiger partial charge in [-0.15, -0.1) is 0 Å². The first-order valence-corrected chi connectivity index (χ1v) is 6.76. The predicted molar refractivity (Wildman–Crippen MR) is 77.8 cm³/mol. The normalized spacial score (nSPS) is 20.2. The lowest BCUT2D eigenvalue weighted by atomic mass is 10.0. The summed E-state index contributed by atoms with van der Waals surface area (Å²) in [7, 11) is 1.69. The molecule has 1 aliphatic heterocycles. The molecule has 19 heavy (non-hydrogen) atoms. The van der Waals surface area contributed by atoms with E-state index in [1.807, 2.05) is 19.1 Å². The first-order chi connectivity index (χ1) is 8.94. The van der Waals surface area contributed by atoms with Gasteiger partial charge < -0.3 is 20.1 Å². The van der Waals surface area contributed by atoms with E-state index in [1.165, 1.54) is 0 Å². The molecule has 0 aliphatic carbocycles. The molecule has 106 valence electrons. The van der Waals surface area contributed by atoms with Crippen molar-refractivity contribution in [1.29, 1.82) is 0 Å². The molecule has 0 saturated carbocycles. The van der Waals surface area contributed by atoms with Crippen LogP contribution in [0, 0.1) is 0 Å². The summed E-state index contributed by atoms with van der Waals surface area (Å²) < 4.78 is 11.2. The average molecular weight is 264 g/mol. The Balaban J connectivity index is 2.38. The van der Waals surface area contributed by atoms with Gasteiger partial charge in [0.05, 0.1) is 19.3 Å². The lowest BCUT2D eigenvalue weighted by Crippen LogP contribution is -2.48. The number of benzene rings is 1. The second kappa shape index (κ2) is 5.39. The fourth-order valence-electron chi connectivity index (χ4n) is 2.67. The van der Waals surface area contributed by atoms with E-state index < -0.39 is 0 Å². The van der Waals surface area contributed by atoms with E-state index in [1.54, 1.807) is 7.11 Å². The molecule has 0 aromatic heterocycles. The molecule has 4 heteroatoms. The summed E-state index contributed by atoms with van der Waals surface area (Å²) >= 11 is 0. The Labute approximate surface area is 115 Å². The summed E-state index contributed by atoms with van der Waals surface area (Å²) in [6.07, 6.45) is 0. The van der Waals surface area contributed by atoms with Crippen LogP contribution in [-0.2, 0) is 4.74 Å². The van der Waals surface area contributed by atoms with Gasteiger partial charge in [-0.3, -0.25) is 0 Å². The molecule has 1 unspecified atom stereocenters. The van der Waals surface area contributed by atoms with Gasteiger partial charge in [0.2, 0.25) is 0 Å². The van der Waals surface area contributed by atoms with E-state index in [4.69, 9.17) is 15.2 Å². The molecule has 2 N–H and O–H groups in total. The van der Waals surface area contributed by atoms with Crippen molar-refractivity contribution in [2.45, 2.75) is 32.4 Å². The van der Waals surface area contributed by atoms with E-state index >= 15 is 0 Å². The Hall–Kier alpha value is -1.26. The Morgan fingerprint density at radius 3 is 2.74 bits per heavy atom. The zero-order valence-electron chi connectivity index (χ0n) is 12.3. The standard InChI is InChI=1S/C15H24N2O2/c1-11(16)14-12(6-5-7-13(14)18-4)17-8-9-19-15(2,3)10-17/h5-7,11H,8-10,16H2,1-4H3. The van der Waals surface area contributed by atoms with Gasteiger partial charge in [0.25, 0.3) is 0 Å². The summed E-state index contributed by atoms with van der Waals surface area (Å²) in [5.41, 5.74) is 8.23. The Bertz CT molecular complexity index is 444. The number of nitrogens with two attached hydrogens (primary N) is 1. The zero-order chi connectivity index (χ0) is 14.0. The Kier molecular flexibility index (Phi) is 4.02. The highest BCUT2D eigenvalue weighted by Gasteiger charge is 2.29. The molecule has 1 saturated heterocycles. The molecule has 1 atom stereocenters. The van der Waals surface area contributed by atoms with Crippen molar-refractivity contribution in [1.82, 2.24) is 0 Å². The number of morpholine rings is 1. The second-order valence-electron chi connectivity index (χ2n) is 5.71. The van der Waals surface area contributed by atoms with Gasteiger partial charge >= 0.3 is 0 Å². The SMILES string of the molecule is COc1cccc(N2CCOC(C)(C)C2)c1C(C)N. The highest BCUT2D eigenvalue weighted by Crippen LogP contribution is 2.35. The third-order valence-electron chi connectivity index (χ3n) is 3.48. The number of nitrogens with zero attached hydrogens (tertiary/aromatic N) is 1. The van der Waals surface area contributed by atoms with Crippen LogP contribution in [0.5, 0.6) is 5.75 Å². The zero-order valence-corrected chi connectivity index (χ0v) is 12.3. The number of methoxy groups -OCH3 is 1. The van der Waals surface area contributed by atoms with Crippen molar-refractivity contribution in [2.24, 2.45) is 5.73 Å². The largest absolute Gasteiger partial charge is 0.496 e. The molecule has 0 bridgehead atoms. The van der Waals surface area contributed by atoms with Gasteiger partial charge in [-0.25, -0.2) is 0 Å². The number of ether oxygens (including phenoxy) is 2. The monoisotopic (exact) mass is 264 g/mol. The van der Waals surface area contributed by atoms with Crippen LogP contribution in [-0.4, -0.2) is 32.4 Å². The maximum Gasteiger partial charge on any atom is 0.125 e. The lowest BCUT2D eigenvalue weighted by Gasteiger charge is -2.40. The van der Waals surface area contributed by atoms with E-state index in [9.17, 15) is 0 Å². The van der Waals surface area contributed by atoms with Gasteiger partial charge in [-0.1, -0.05) is 6.07 Å². The Morgan fingerprint density at radius 1 is 1.42 bits per heavy atom. The molecule has 1 aliphatic rings. The van der Waals surface area contributed by atoms with Crippen LogP contribution in [0.4, 0.5) is 5.69 Å². The lowest BCUT2D eigenvalue weighted by molar-refractivity contribution is -0.0277. The molecule has 1 fully saturated rings. The summed E-state index contributed by atoms with van der Waals surface area (Å²) in [5.74, 6) is 0.858. The minimum Gasteiger partial charge on any atom is -0.496 e. The fraction of sp³-hybridized carbons (Fsp3) is 0.600. The van der Waals surface area contributed by atoms with E-state index in [2.05, 4.69) is 24.8 Å². The maximum atomic E-state index is 6.13. The van der Waals surface area contributed by atoms with Gasteiger partial charge in [-0.05, 0) is 32.9 Å². The quantitative estimate of drug-likeness (QED) is 0.910. The van der Waals surface area contributed by atoms with Crippen molar-refractivity contribution in [3.8, 4) is 5.75 Å². The van der Waals surface area contributed by atoms with Crippen LogP contribution in [0.3, 0.4) is 0 Å². The van der Waals surface area contributed by atoms with Gasteiger partial charge in [0.15, 0.2) is 0 Å². The Morgan fingerprint density at radius 2 is 2.16 bits per heavy atom. The third kappa shape index (κ3) is 3.01. The fourth-order valence-corrected chi connectivity index (χ4v) is 2.67. The van der Waals surface area contributed by atoms with Crippen molar-refractivity contribution in [3.63, 3.8) is 0 Å². The highest BCUT2D eigenvalue weighted by molar-refractivity contribution is 5.61. The smallest absolute Gasteiger partial charge is 0.125 e. The van der Waals surface area contributed by atoms with Gasteiger partial charge in [-0.2, -0.15) is 0 Å². The summed E-state index contributed by atoms with van der Waals surface area (Å²) in [4.78, 5) is 2.34. The first kappa shape index (κ1) is 14.2. The molecule has 0 spiro atoms.